The normalized spacial score (nSPS) is 27.1. The van der Waals surface area contributed by atoms with Gasteiger partial charge >= 0.3 is 0 Å². The van der Waals surface area contributed by atoms with Crippen LogP contribution in [0.25, 0.3) is 0 Å². The standard InChI is InChI=1S/C13H16O4S/c1-16-10-4-2-9(3-5-10)8-18-12-7-17-11(6-14)13(12)15/h2-6,11-13,15H,7-8H2,1H3/t11-,12-,13-/m0/s1. The van der Waals surface area contributed by atoms with Crippen molar-refractivity contribution in [3.05, 3.63) is 29.8 Å². The molecule has 1 aromatic rings. The molecular formula is C13H16O4S. The molecule has 98 valence electrons. The Balaban J connectivity index is 1.86. The number of aldehydes is 1. The zero-order valence-electron chi connectivity index (χ0n) is 10.1. The molecule has 1 heterocycles. The predicted molar refractivity (Wildman–Crippen MR) is 69.9 cm³/mol. The molecule has 18 heavy (non-hydrogen) atoms. The lowest BCUT2D eigenvalue weighted by atomic mass is 10.2. The Hall–Kier alpha value is -1.04. The van der Waals surface area contributed by atoms with Gasteiger partial charge in [-0.15, -0.1) is 11.8 Å². The second kappa shape index (κ2) is 6.22. The number of ether oxygens (including phenoxy) is 2. The van der Waals surface area contributed by atoms with Crippen molar-refractivity contribution in [2.45, 2.75) is 23.2 Å². The Kier molecular flexibility index (Phi) is 4.63. The van der Waals surface area contributed by atoms with Gasteiger partial charge in [-0.3, -0.25) is 0 Å². The number of benzene rings is 1. The molecule has 1 N–H and O–H groups in total. The number of carbonyl (C=O) groups is 1. The van der Waals surface area contributed by atoms with Crippen LogP contribution >= 0.6 is 11.8 Å². The van der Waals surface area contributed by atoms with E-state index in [4.69, 9.17) is 9.47 Å². The lowest BCUT2D eigenvalue weighted by Gasteiger charge is -2.13. The lowest BCUT2D eigenvalue weighted by Crippen LogP contribution is -2.29. The summed E-state index contributed by atoms with van der Waals surface area (Å²) in [6.45, 7) is 0.422. The van der Waals surface area contributed by atoms with Crippen LogP contribution in [0.1, 0.15) is 5.56 Å². The van der Waals surface area contributed by atoms with Crippen molar-refractivity contribution < 1.29 is 19.4 Å². The van der Waals surface area contributed by atoms with Crippen LogP contribution in [-0.2, 0) is 15.3 Å². The van der Waals surface area contributed by atoms with Gasteiger partial charge in [0.05, 0.1) is 19.0 Å². The first-order chi connectivity index (χ1) is 8.74. The third-order valence-corrected chi connectivity index (χ3v) is 4.27. The Bertz CT molecular complexity index is 392. The third-order valence-electron chi connectivity index (χ3n) is 2.93. The fourth-order valence-corrected chi connectivity index (χ4v) is 2.93. The van der Waals surface area contributed by atoms with Gasteiger partial charge in [-0.1, -0.05) is 12.1 Å². The number of carbonyl (C=O) groups excluding carboxylic acids is 1. The second-order valence-corrected chi connectivity index (χ2v) is 5.35. The zero-order chi connectivity index (χ0) is 13.0. The molecule has 0 aromatic heterocycles. The molecular weight excluding hydrogens is 252 g/mol. The maximum atomic E-state index is 10.6. The van der Waals surface area contributed by atoms with Gasteiger partial charge in [0, 0.05) is 5.75 Å². The molecule has 0 aliphatic carbocycles. The van der Waals surface area contributed by atoms with E-state index in [0.29, 0.717) is 12.9 Å². The van der Waals surface area contributed by atoms with E-state index in [1.807, 2.05) is 24.3 Å². The predicted octanol–water partition coefficient (Wildman–Crippen LogP) is 1.26. The summed E-state index contributed by atoms with van der Waals surface area (Å²) in [5, 5.41) is 9.77. The first kappa shape index (κ1) is 13.4. The maximum absolute atomic E-state index is 10.6. The van der Waals surface area contributed by atoms with E-state index >= 15 is 0 Å². The van der Waals surface area contributed by atoms with Crippen molar-refractivity contribution >= 4 is 18.0 Å². The first-order valence-corrected chi connectivity index (χ1v) is 6.79. The molecule has 0 saturated carbocycles. The molecule has 2 rings (SSSR count). The Morgan fingerprint density at radius 2 is 2.22 bits per heavy atom. The molecule has 0 spiro atoms. The largest absolute Gasteiger partial charge is 0.497 e. The fraction of sp³-hybridized carbons (Fsp3) is 0.462. The number of aliphatic hydroxyl groups is 1. The minimum Gasteiger partial charge on any atom is -0.497 e. The number of aliphatic hydroxyl groups excluding tert-OH is 1. The van der Waals surface area contributed by atoms with Gasteiger partial charge in [0.25, 0.3) is 0 Å². The zero-order valence-corrected chi connectivity index (χ0v) is 10.9. The summed E-state index contributed by atoms with van der Waals surface area (Å²) in [6.07, 6.45) is -0.706. The van der Waals surface area contributed by atoms with E-state index in [9.17, 15) is 9.90 Å². The molecule has 1 aromatic carbocycles. The number of hydrogen-bond acceptors (Lipinski definition) is 5. The molecule has 0 unspecified atom stereocenters. The SMILES string of the molecule is COc1ccc(CS[C@H]2CO[C@@H](C=O)[C@@H]2O)cc1. The van der Waals surface area contributed by atoms with Gasteiger partial charge in [0.2, 0.25) is 0 Å². The van der Waals surface area contributed by atoms with E-state index in [-0.39, 0.29) is 5.25 Å². The molecule has 1 aliphatic rings. The van der Waals surface area contributed by atoms with Crippen LogP contribution in [0.4, 0.5) is 0 Å². The molecule has 1 aliphatic heterocycles. The third kappa shape index (κ3) is 3.04. The minimum absolute atomic E-state index is 0.0395. The quantitative estimate of drug-likeness (QED) is 0.815. The van der Waals surface area contributed by atoms with Crippen LogP contribution in [-0.4, -0.2) is 42.6 Å². The van der Waals surface area contributed by atoms with Crippen molar-refractivity contribution in [1.29, 1.82) is 0 Å². The van der Waals surface area contributed by atoms with Crippen LogP contribution in [0.15, 0.2) is 24.3 Å². The van der Waals surface area contributed by atoms with Gasteiger partial charge < -0.3 is 19.4 Å². The Morgan fingerprint density at radius 3 is 2.78 bits per heavy atom. The van der Waals surface area contributed by atoms with E-state index < -0.39 is 12.2 Å². The van der Waals surface area contributed by atoms with Crippen LogP contribution in [0.3, 0.4) is 0 Å². The van der Waals surface area contributed by atoms with Crippen molar-refractivity contribution in [1.82, 2.24) is 0 Å². The molecule has 5 heteroatoms. The summed E-state index contributed by atoms with van der Waals surface area (Å²) in [5.74, 6) is 1.61. The summed E-state index contributed by atoms with van der Waals surface area (Å²) in [4.78, 5) is 10.6. The highest BCUT2D eigenvalue weighted by Gasteiger charge is 2.35. The van der Waals surface area contributed by atoms with Crippen LogP contribution < -0.4 is 4.74 Å². The number of hydrogen-bond donors (Lipinski definition) is 1. The number of methoxy groups -OCH3 is 1. The molecule has 1 fully saturated rings. The van der Waals surface area contributed by atoms with E-state index in [1.165, 1.54) is 0 Å². The first-order valence-electron chi connectivity index (χ1n) is 5.74. The van der Waals surface area contributed by atoms with Gasteiger partial charge in [-0.2, -0.15) is 0 Å². The van der Waals surface area contributed by atoms with E-state index in [0.717, 1.165) is 17.1 Å². The van der Waals surface area contributed by atoms with Crippen LogP contribution in [0, 0.1) is 0 Å². The minimum atomic E-state index is -0.703. The summed E-state index contributed by atoms with van der Waals surface area (Å²) in [6, 6.07) is 7.80. The summed E-state index contributed by atoms with van der Waals surface area (Å²) >= 11 is 1.60. The number of thioether (sulfide) groups is 1. The molecule has 0 amide bonds. The molecule has 4 nitrogen and oxygen atoms in total. The molecule has 1 saturated heterocycles. The molecule has 3 atom stereocenters. The maximum Gasteiger partial charge on any atom is 0.151 e. The second-order valence-electron chi connectivity index (χ2n) is 4.12. The summed E-state index contributed by atoms with van der Waals surface area (Å²) in [5.41, 5.74) is 1.16. The summed E-state index contributed by atoms with van der Waals surface area (Å²) in [7, 11) is 1.63. The average Bonchev–Trinajstić information content (AvgIpc) is 2.77. The Morgan fingerprint density at radius 1 is 1.50 bits per heavy atom. The average molecular weight is 268 g/mol. The highest BCUT2D eigenvalue weighted by molar-refractivity contribution is 7.99. The van der Waals surface area contributed by atoms with Crippen LogP contribution in [0.2, 0.25) is 0 Å². The van der Waals surface area contributed by atoms with Gasteiger partial charge in [0.15, 0.2) is 6.29 Å². The monoisotopic (exact) mass is 268 g/mol. The van der Waals surface area contributed by atoms with Crippen molar-refractivity contribution in [3.8, 4) is 5.75 Å². The van der Waals surface area contributed by atoms with Crippen LogP contribution in [0.5, 0.6) is 5.75 Å². The highest BCUT2D eigenvalue weighted by Crippen LogP contribution is 2.28. The van der Waals surface area contributed by atoms with Gasteiger partial charge in [-0.25, -0.2) is 0 Å². The fourth-order valence-electron chi connectivity index (χ4n) is 1.81. The van der Waals surface area contributed by atoms with E-state index in [2.05, 4.69) is 0 Å². The topological polar surface area (TPSA) is 55.8 Å². The van der Waals surface area contributed by atoms with Gasteiger partial charge in [-0.05, 0) is 17.7 Å². The number of rotatable bonds is 5. The smallest absolute Gasteiger partial charge is 0.151 e. The Labute approximate surface area is 110 Å². The van der Waals surface area contributed by atoms with Crippen molar-refractivity contribution in [2.24, 2.45) is 0 Å². The summed E-state index contributed by atoms with van der Waals surface area (Å²) < 4.78 is 10.3. The van der Waals surface area contributed by atoms with Gasteiger partial charge in [0.1, 0.15) is 18.0 Å². The highest BCUT2D eigenvalue weighted by atomic mass is 32.2. The van der Waals surface area contributed by atoms with Crippen molar-refractivity contribution in [3.63, 3.8) is 0 Å². The van der Waals surface area contributed by atoms with Crippen molar-refractivity contribution in [2.75, 3.05) is 13.7 Å². The molecule has 0 bridgehead atoms. The lowest BCUT2D eigenvalue weighted by molar-refractivity contribution is -0.118. The van der Waals surface area contributed by atoms with E-state index in [1.54, 1.807) is 18.9 Å². The molecule has 0 radical (unpaired) electrons.